The highest BCUT2D eigenvalue weighted by molar-refractivity contribution is 5.83. The second kappa shape index (κ2) is 4.51. The Kier molecular flexibility index (Phi) is 3.47. The molecule has 0 aromatic heterocycles. The number of cyclic esters (lactones) is 1. The standard InChI is InChI=1S/C11H13F6NO2/c12-10(13,14)6-9(11(15,16)17)18-8(7(19)20-9)4-2-1-3-5-8/h18H,1-6H2. The predicted octanol–water partition coefficient (Wildman–Crippen LogP) is 3.05. The SMILES string of the molecule is O=C1OC(CC(F)(F)F)(C(F)(F)F)NC12CCCCC2. The zero-order chi connectivity index (χ0) is 15.2. The summed E-state index contributed by atoms with van der Waals surface area (Å²) in [5, 5.41) is 1.85. The van der Waals surface area contributed by atoms with E-state index in [2.05, 4.69) is 4.74 Å². The third-order valence-electron chi connectivity index (χ3n) is 3.71. The largest absolute Gasteiger partial charge is 0.443 e. The number of esters is 1. The summed E-state index contributed by atoms with van der Waals surface area (Å²) in [7, 11) is 0. The number of ether oxygens (including phenoxy) is 1. The fraction of sp³-hybridized carbons (Fsp3) is 0.909. The minimum Gasteiger partial charge on any atom is -0.432 e. The second-order valence-corrected chi connectivity index (χ2v) is 5.27. The van der Waals surface area contributed by atoms with Crippen LogP contribution in [0.15, 0.2) is 0 Å². The highest BCUT2D eigenvalue weighted by Gasteiger charge is 2.71. The van der Waals surface area contributed by atoms with Crippen molar-refractivity contribution < 1.29 is 35.9 Å². The van der Waals surface area contributed by atoms with Gasteiger partial charge in [0.05, 0.1) is 0 Å². The van der Waals surface area contributed by atoms with E-state index < -0.39 is 36.0 Å². The molecule has 0 amide bonds. The van der Waals surface area contributed by atoms with Gasteiger partial charge >= 0.3 is 18.3 Å². The van der Waals surface area contributed by atoms with Crippen molar-refractivity contribution in [3.8, 4) is 0 Å². The summed E-state index contributed by atoms with van der Waals surface area (Å²) >= 11 is 0. The van der Waals surface area contributed by atoms with Crippen LogP contribution in [0.5, 0.6) is 0 Å². The lowest BCUT2D eigenvalue weighted by Crippen LogP contribution is -2.61. The van der Waals surface area contributed by atoms with Crippen LogP contribution in [-0.2, 0) is 9.53 Å². The predicted molar refractivity (Wildman–Crippen MR) is 54.5 cm³/mol. The van der Waals surface area contributed by atoms with Crippen molar-refractivity contribution >= 4 is 5.97 Å². The van der Waals surface area contributed by atoms with Crippen LogP contribution < -0.4 is 5.32 Å². The summed E-state index contributed by atoms with van der Waals surface area (Å²) in [5.41, 5.74) is -5.31. The fourth-order valence-electron chi connectivity index (χ4n) is 2.79. The van der Waals surface area contributed by atoms with Crippen LogP contribution in [0.3, 0.4) is 0 Å². The third kappa shape index (κ3) is 2.59. The van der Waals surface area contributed by atoms with E-state index in [9.17, 15) is 31.1 Å². The molecule has 1 spiro atoms. The molecule has 2 rings (SSSR count). The molecule has 1 unspecified atom stereocenters. The van der Waals surface area contributed by atoms with Crippen LogP contribution in [0.2, 0.25) is 0 Å². The van der Waals surface area contributed by atoms with Crippen LogP contribution >= 0.6 is 0 Å². The molecule has 0 aromatic carbocycles. The molecular weight excluding hydrogens is 292 g/mol. The first-order valence-corrected chi connectivity index (χ1v) is 6.16. The minimum atomic E-state index is -5.33. The Balaban J connectivity index is 2.33. The molecule has 2 fully saturated rings. The lowest BCUT2D eigenvalue weighted by Gasteiger charge is -2.34. The van der Waals surface area contributed by atoms with Crippen LogP contribution in [0.4, 0.5) is 26.3 Å². The number of nitrogens with one attached hydrogen (secondary N) is 1. The maximum Gasteiger partial charge on any atom is 0.443 e. The van der Waals surface area contributed by atoms with Gasteiger partial charge < -0.3 is 4.74 Å². The van der Waals surface area contributed by atoms with Gasteiger partial charge in [-0.15, -0.1) is 0 Å². The van der Waals surface area contributed by atoms with E-state index in [1.807, 2.05) is 5.32 Å². The molecule has 1 saturated heterocycles. The number of hydrogen-bond acceptors (Lipinski definition) is 3. The van der Waals surface area contributed by atoms with E-state index in [0.29, 0.717) is 12.8 Å². The van der Waals surface area contributed by atoms with Crippen LogP contribution in [0.25, 0.3) is 0 Å². The van der Waals surface area contributed by atoms with Gasteiger partial charge in [0.15, 0.2) is 0 Å². The highest BCUT2D eigenvalue weighted by atomic mass is 19.4. The molecule has 0 aromatic rings. The van der Waals surface area contributed by atoms with Crippen molar-refractivity contribution in [1.29, 1.82) is 0 Å². The van der Waals surface area contributed by atoms with E-state index in [1.165, 1.54) is 0 Å². The normalized spacial score (nSPS) is 30.6. The minimum absolute atomic E-state index is 0.0571. The van der Waals surface area contributed by atoms with E-state index in [1.54, 1.807) is 0 Å². The van der Waals surface area contributed by atoms with Crippen LogP contribution in [0.1, 0.15) is 38.5 Å². The number of carbonyl (C=O) groups is 1. The monoisotopic (exact) mass is 305 g/mol. The second-order valence-electron chi connectivity index (χ2n) is 5.27. The number of halogens is 6. The van der Waals surface area contributed by atoms with E-state index >= 15 is 0 Å². The molecule has 9 heteroatoms. The molecule has 0 radical (unpaired) electrons. The summed E-state index contributed by atoms with van der Waals surface area (Å²) in [4.78, 5) is 11.7. The van der Waals surface area contributed by atoms with Gasteiger partial charge in [-0.1, -0.05) is 19.3 Å². The molecule has 1 aliphatic carbocycles. The van der Waals surface area contributed by atoms with Gasteiger partial charge in [0.2, 0.25) is 0 Å². The first kappa shape index (κ1) is 15.4. The highest BCUT2D eigenvalue weighted by Crippen LogP contribution is 2.48. The van der Waals surface area contributed by atoms with Crippen molar-refractivity contribution in [3.63, 3.8) is 0 Å². The van der Waals surface area contributed by atoms with Gasteiger partial charge in [0, 0.05) is 0 Å². The van der Waals surface area contributed by atoms with E-state index in [-0.39, 0.29) is 12.8 Å². The molecule has 20 heavy (non-hydrogen) atoms. The summed E-state index contributed by atoms with van der Waals surface area (Å²) in [6, 6.07) is 0. The molecule has 1 saturated carbocycles. The third-order valence-corrected chi connectivity index (χ3v) is 3.71. The van der Waals surface area contributed by atoms with Gasteiger partial charge in [-0.2, -0.15) is 26.3 Å². The smallest absolute Gasteiger partial charge is 0.432 e. The number of carbonyl (C=O) groups excluding carboxylic acids is 1. The Morgan fingerprint density at radius 2 is 1.60 bits per heavy atom. The first-order chi connectivity index (χ1) is 9.00. The summed E-state index contributed by atoms with van der Waals surface area (Å²) in [6.07, 6.45) is -10.9. The Morgan fingerprint density at radius 3 is 2.05 bits per heavy atom. The molecule has 1 aliphatic heterocycles. The maximum atomic E-state index is 13.0. The molecule has 116 valence electrons. The Hall–Kier alpha value is -0.990. The average Bonchev–Trinajstić information content (AvgIpc) is 2.50. The van der Waals surface area contributed by atoms with Gasteiger partial charge in [0.1, 0.15) is 12.0 Å². The summed E-state index contributed by atoms with van der Waals surface area (Å²) < 4.78 is 80.5. The van der Waals surface area contributed by atoms with Gasteiger partial charge in [-0.3, -0.25) is 5.32 Å². The lowest BCUT2D eigenvalue weighted by molar-refractivity contribution is -0.298. The van der Waals surface area contributed by atoms with Crippen molar-refractivity contribution in [2.75, 3.05) is 0 Å². The zero-order valence-electron chi connectivity index (χ0n) is 10.3. The molecule has 1 heterocycles. The topological polar surface area (TPSA) is 38.3 Å². The van der Waals surface area contributed by atoms with Crippen molar-refractivity contribution in [1.82, 2.24) is 5.32 Å². The van der Waals surface area contributed by atoms with Crippen LogP contribution in [0, 0.1) is 0 Å². The van der Waals surface area contributed by atoms with Crippen LogP contribution in [-0.4, -0.2) is 29.6 Å². The lowest BCUT2D eigenvalue weighted by atomic mass is 9.82. The molecule has 1 N–H and O–H groups in total. The summed E-state index contributed by atoms with van der Waals surface area (Å²) in [6.45, 7) is 0. The van der Waals surface area contributed by atoms with Gasteiger partial charge in [-0.05, 0) is 12.8 Å². The van der Waals surface area contributed by atoms with Gasteiger partial charge in [-0.25, -0.2) is 4.79 Å². The number of hydrogen-bond donors (Lipinski definition) is 1. The molecular formula is C11H13F6NO2. The number of rotatable bonds is 1. The first-order valence-electron chi connectivity index (χ1n) is 6.16. The van der Waals surface area contributed by atoms with Crippen molar-refractivity contribution in [3.05, 3.63) is 0 Å². The maximum absolute atomic E-state index is 13.0. The molecule has 3 nitrogen and oxygen atoms in total. The fourth-order valence-corrected chi connectivity index (χ4v) is 2.79. The van der Waals surface area contributed by atoms with E-state index in [4.69, 9.17) is 0 Å². The van der Waals surface area contributed by atoms with Crippen molar-refractivity contribution in [2.24, 2.45) is 0 Å². The van der Waals surface area contributed by atoms with E-state index in [0.717, 1.165) is 6.42 Å². The quantitative estimate of drug-likeness (QED) is 0.598. The molecule has 0 bridgehead atoms. The Labute approximate surface area is 110 Å². The summed E-state index contributed by atoms with van der Waals surface area (Å²) in [5.74, 6) is -1.24. The Bertz CT molecular complexity index is 399. The van der Waals surface area contributed by atoms with Crippen molar-refractivity contribution in [2.45, 2.75) is 62.1 Å². The van der Waals surface area contributed by atoms with Gasteiger partial charge in [0.25, 0.3) is 5.72 Å². The zero-order valence-corrected chi connectivity index (χ0v) is 10.3. The number of alkyl halides is 6. The molecule has 1 atom stereocenters. The average molecular weight is 305 g/mol. The Morgan fingerprint density at radius 1 is 1.05 bits per heavy atom. The molecule has 2 aliphatic rings.